The van der Waals surface area contributed by atoms with Gasteiger partial charge in [0.2, 0.25) is 11.7 Å². The monoisotopic (exact) mass is 449 g/mol. The lowest BCUT2D eigenvalue weighted by Crippen LogP contribution is -2.26. The number of carbonyl (C=O) groups is 2. The lowest BCUT2D eigenvalue weighted by molar-refractivity contribution is -0.117. The Kier molecular flexibility index (Phi) is 5.55. The zero-order valence-electron chi connectivity index (χ0n) is 17.5. The maximum Gasteiger partial charge on any atom is 0.251 e. The van der Waals surface area contributed by atoms with E-state index in [4.69, 9.17) is 9.47 Å². The average Bonchev–Trinajstić information content (AvgIpc) is 3.62. The number of carbonyl (C=O) groups excluding carboxylic acids is 2. The number of hydrogen-bond donors (Lipinski definition) is 2. The minimum atomic E-state index is -0.680. The van der Waals surface area contributed by atoms with Gasteiger partial charge in [-0.2, -0.15) is 4.98 Å². The molecule has 0 radical (unpaired) electrons. The molecule has 10 heteroatoms. The maximum absolute atomic E-state index is 14.3. The minimum Gasteiger partial charge on any atom is -0.486 e. The summed E-state index contributed by atoms with van der Waals surface area (Å²) < 4.78 is 25.4. The van der Waals surface area contributed by atoms with Crippen LogP contribution in [0.15, 0.2) is 53.2 Å². The molecule has 2 N–H and O–H groups in total. The number of ether oxygens (including phenoxy) is 2. The smallest absolute Gasteiger partial charge is 0.251 e. The summed E-state index contributed by atoms with van der Waals surface area (Å²) in [7, 11) is 0. The van der Waals surface area contributed by atoms with Crippen molar-refractivity contribution < 1.29 is 23.5 Å². The number of anilines is 2. The van der Waals surface area contributed by atoms with Crippen molar-refractivity contribution in [3.63, 3.8) is 0 Å². The number of allylic oxidation sites excluding steroid dienone is 3. The second-order valence-corrected chi connectivity index (χ2v) is 7.73. The van der Waals surface area contributed by atoms with Crippen molar-refractivity contribution in [2.75, 3.05) is 18.5 Å². The van der Waals surface area contributed by atoms with E-state index in [2.05, 4.69) is 25.6 Å². The lowest BCUT2D eigenvalue weighted by atomic mass is 9.98. The van der Waals surface area contributed by atoms with E-state index in [1.807, 2.05) is 0 Å². The summed E-state index contributed by atoms with van der Waals surface area (Å²) in [6.07, 6.45) is 7.74. The molecule has 0 saturated heterocycles. The van der Waals surface area contributed by atoms with Crippen LogP contribution in [0.1, 0.15) is 19.3 Å². The average molecular weight is 449 g/mol. The van der Waals surface area contributed by atoms with Crippen LogP contribution in [0.2, 0.25) is 0 Å². The van der Waals surface area contributed by atoms with Crippen LogP contribution in [-0.4, -0.2) is 46.6 Å². The molecule has 1 aromatic carbocycles. The summed E-state index contributed by atoms with van der Waals surface area (Å²) in [5.74, 6) is -0.392. The Balaban J connectivity index is 1.35. The quantitative estimate of drug-likeness (QED) is 0.675. The molecule has 2 aromatic rings. The molecule has 0 bridgehead atoms. The van der Waals surface area contributed by atoms with Gasteiger partial charge in [-0.25, -0.2) is 14.4 Å². The highest BCUT2D eigenvalue weighted by Crippen LogP contribution is 2.33. The number of nitrogens with one attached hydrogen (secondary N) is 2. The van der Waals surface area contributed by atoms with E-state index < -0.39 is 11.6 Å². The van der Waals surface area contributed by atoms with Crippen LogP contribution in [0.4, 0.5) is 21.8 Å². The Hall–Kier alpha value is -4.08. The topological polar surface area (TPSA) is 115 Å². The van der Waals surface area contributed by atoms with Gasteiger partial charge in [0.15, 0.2) is 23.1 Å². The normalized spacial score (nSPS) is 19.6. The van der Waals surface area contributed by atoms with Gasteiger partial charge >= 0.3 is 0 Å². The van der Waals surface area contributed by atoms with E-state index in [1.165, 1.54) is 6.08 Å². The lowest BCUT2D eigenvalue weighted by Gasteiger charge is -2.19. The van der Waals surface area contributed by atoms with Gasteiger partial charge in [-0.3, -0.25) is 9.59 Å². The Bertz CT molecular complexity index is 1220. The fourth-order valence-corrected chi connectivity index (χ4v) is 3.33. The maximum atomic E-state index is 14.3. The minimum absolute atomic E-state index is 0.0723. The summed E-state index contributed by atoms with van der Waals surface area (Å²) in [6.45, 7) is 0.904. The molecule has 5 rings (SSSR count). The molecule has 168 valence electrons. The largest absolute Gasteiger partial charge is 0.486 e. The number of rotatable bonds is 5. The Morgan fingerprint density at radius 2 is 2.03 bits per heavy atom. The molecular weight excluding hydrogens is 429 g/mol. The first-order valence-corrected chi connectivity index (χ1v) is 10.6. The highest BCUT2D eigenvalue weighted by atomic mass is 19.1. The van der Waals surface area contributed by atoms with Crippen molar-refractivity contribution in [2.45, 2.75) is 25.3 Å². The molecule has 0 unspecified atom stereocenters. The molecule has 0 spiro atoms. The molecule has 9 nitrogen and oxygen atoms in total. The van der Waals surface area contributed by atoms with Crippen LogP contribution in [-0.2, 0) is 9.59 Å². The van der Waals surface area contributed by atoms with E-state index >= 15 is 0 Å². The van der Waals surface area contributed by atoms with Crippen LogP contribution in [0.25, 0.3) is 0 Å². The SMILES string of the molecule is O=C(C=C1C=CCC(=Nc2ncc(F)c(Nc3ccc4c(c3)OCCO4)n2)C1=O)NC1CC1. The Morgan fingerprint density at radius 3 is 2.85 bits per heavy atom. The van der Waals surface area contributed by atoms with Crippen molar-refractivity contribution in [3.8, 4) is 11.5 Å². The number of amides is 1. The number of fused-ring (bicyclic) bond motifs is 1. The highest BCUT2D eigenvalue weighted by molar-refractivity contribution is 6.48. The van der Waals surface area contributed by atoms with Crippen molar-refractivity contribution in [1.29, 1.82) is 0 Å². The molecule has 33 heavy (non-hydrogen) atoms. The summed E-state index contributed by atoms with van der Waals surface area (Å²) in [4.78, 5) is 37.0. The van der Waals surface area contributed by atoms with Crippen molar-refractivity contribution in [3.05, 3.63) is 54.0 Å². The number of hydrogen-bond acceptors (Lipinski definition) is 8. The molecule has 1 fully saturated rings. The fourth-order valence-electron chi connectivity index (χ4n) is 3.33. The van der Waals surface area contributed by atoms with E-state index in [0.29, 0.717) is 30.4 Å². The number of halogens is 1. The van der Waals surface area contributed by atoms with Gasteiger partial charge in [-0.15, -0.1) is 0 Å². The van der Waals surface area contributed by atoms with Crippen molar-refractivity contribution >= 4 is 34.9 Å². The summed E-state index contributed by atoms with van der Waals surface area (Å²) in [6, 6.07) is 5.30. The predicted molar refractivity (Wildman–Crippen MR) is 118 cm³/mol. The molecule has 1 amide bonds. The van der Waals surface area contributed by atoms with Crippen LogP contribution in [0, 0.1) is 5.82 Å². The molecule has 1 aromatic heterocycles. The highest BCUT2D eigenvalue weighted by Gasteiger charge is 2.24. The van der Waals surface area contributed by atoms with Gasteiger partial charge in [0.1, 0.15) is 13.2 Å². The number of ketones is 1. The standard InChI is InChI=1S/C23H20FN5O4/c24-16-12-25-23(29-22(16)27-15-6-7-18-19(11-15)33-9-8-32-18)28-17-3-1-2-13(21(17)31)10-20(30)26-14-4-5-14/h1-2,6-7,10-12,14H,3-5,8-9H2,(H,26,30)(H,25,27,29). The van der Waals surface area contributed by atoms with Crippen molar-refractivity contribution in [2.24, 2.45) is 4.99 Å². The van der Waals surface area contributed by atoms with E-state index in [0.717, 1.165) is 19.0 Å². The van der Waals surface area contributed by atoms with E-state index in [1.54, 1.807) is 30.4 Å². The van der Waals surface area contributed by atoms with Crippen LogP contribution < -0.4 is 20.1 Å². The third-order valence-electron chi connectivity index (χ3n) is 5.11. The fraction of sp³-hybridized carbons (Fsp3) is 0.261. The van der Waals surface area contributed by atoms with Crippen LogP contribution in [0.5, 0.6) is 11.5 Å². The molecule has 1 saturated carbocycles. The summed E-state index contributed by atoms with van der Waals surface area (Å²) in [5, 5.41) is 5.69. The first-order valence-electron chi connectivity index (χ1n) is 10.6. The molecule has 3 aliphatic rings. The predicted octanol–water partition coefficient (Wildman–Crippen LogP) is 2.94. The van der Waals surface area contributed by atoms with Crippen LogP contribution >= 0.6 is 0 Å². The second kappa shape index (κ2) is 8.81. The summed E-state index contributed by atoms with van der Waals surface area (Å²) >= 11 is 0. The van der Waals surface area contributed by atoms with Gasteiger partial charge in [-0.05, 0) is 25.0 Å². The third-order valence-corrected chi connectivity index (χ3v) is 5.11. The zero-order chi connectivity index (χ0) is 22.8. The number of aliphatic imine (C=N–C) groups is 1. The molecule has 2 aliphatic carbocycles. The second-order valence-electron chi connectivity index (χ2n) is 7.73. The molecule has 1 aliphatic heterocycles. The van der Waals surface area contributed by atoms with Gasteiger partial charge in [-0.1, -0.05) is 12.2 Å². The first kappa shape index (κ1) is 20.8. The van der Waals surface area contributed by atoms with Gasteiger partial charge < -0.3 is 20.1 Å². The van der Waals surface area contributed by atoms with Gasteiger partial charge in [0, 0.05) is 35.9 Å². The van der Waals surface area contributed by atoms with E-state index in [-0.39, 0.29) is 41.4 Å². The van der Waals surface area contributed by atoms with Gasteiger partial charge in [0.05, 0.1) is 11.9 Å². The Labute approximate surface area is 188 Å². The zero-order valence-corrected chi connectivity index (χ0v) is 17.5. The van der Waals surface area contributed by atoms with Gasteiger partial charge in [0.25, 0.3) is 5.95 Å². The summed E-state index contributed by atoms with van der Waals surface area (Å²) in [5.41, 5.74) is 0.939. The molecular formula is C23H20FN5O4. The van der Waals surface area contributed by atoms with Crippen molar-refractivity contribution in [1.82, 2.24) is 15.3 Å². The number of Topliss-reactive ketones (excluding diaryl/α,β-unsaturated/α-hetero) is 1. The number of aromatic nitrogens is 2. The number of benzene rings is 1. The number of nitrogens with zero attached hydrogens (tertiary/aromatic N) is 3. The molecule has 2 heterocycles. The van der Waals surface area contributed by atoms with Crippen LogP contribution in [0.3, 0.4) is 0 Å². The molecule has 0 atom stereocenters. The van der Waals surface area contributed by atoms with E-state index in [9.17, 15) is 14.0 Å². The third kappa shape index (κ3) is 4.89. The Morgan fingerprint density at radius 1 is 1.21 bits per heavy atom. The first-order chi connectivity index (χ1) is 16.0.